The number of alkyl halides is 3. The molecule has 0 saturated heterocycles. The van der Waals surface area contributed by atoms with Gasteiger partial charge in [-0.15, -0.1) is 0 Å². The highest BCUT2D eigenvalue weighted by Crippen LogP contribution is 2.32. The van der Waals surface area contributed by atoms with E-state index < -0.39 is 29.3 Å². The molecule has 0 aliphatic carbocycles. The third-order valence-electron chi connectivity index (χ3n) is 2.23. The van der Waals surface area contributed by atoms with Gasteiger partial charge in [0, 0.05) is 5.56 Å². The van der Waals surface area contributed by atoms with Gasteiger partial charge in [-0.3, -0.25) is 0 Å². The summed E-state index contributed by atoms with van der Waals surface area (Å²) in [6, 6.07) is 2.21. The molecule has 1 rings (SSSR count). The lowest BCUT2D eigenvalue weighted by atomic mass is 10.1. The lowest BCUT2D eigenvalue weighted by molar-refractivity contribution is -0.137. The van der Waals surface area contributed by atoms with Gasteiger partial charge in [0.05, 0.1) is 12.1 Å². The number of amides is 1. The molecule has 0 bridgehead atoms. The monoisotopic (exact) mass is 317 g/mol. The normalized spacial score (nSPS) is 11.4. The van der Waals surface area contributed by atoms with Gasteiger partial charge in [-0.1, -0.05) is 11.8 Å². The van der Waals surface area contributed by atoms with Crippen molar-refractivity contribution >= 4 is 6.09 Å². The summed E-state index contributed by atoms with van der Waals surface area (Å²) in [6.45, 7) is 4.83. The Bertz CT molecular complexity index is 607. The average Bonchev–Trinajstić information content (AvgIpc) is 2.32. The number of nitrogens with one attached hydrogen (secondary N) is 1. The second kappa shape index (κ2) is 6.69. The summed E-state index contributed by atoms with van der Waals surface area (Å²) in [4.78, 5) is 11.3. The summed E-state index contributed by atoms with van der Waals surface area (Å²) >= 11 is 0. The minimum Gasteiger partial charge on any atom is -0.444 e. The van der Waals surface area contributed by atoms with Gasteiger partial charge in [0.15, 0.2) is 0 Å². The van der Waals surface area contributed by atoms with Crippen molar-refractivity contribution in [2.24, 2.45) is 0 Å². The van der Waals surface area contributed by atoms with Gasteiger partial charge in [0.2, 0.25) is 0 Å². The van der Waals surface area contributed by atoms with Gasteiger partial charge in [-0.25, -0.2) is 9.18 Å². The number of carbonyl (C=O) groups is 1. The van der Waals surface area contributed by atoms with Gasteiger partial charge in [0.25, 0.3) is 0 Å². The predicted molar refractivity (Wildman–Crippen MR) is 72.5 cm³/mol. The summed E-state index contributed by atoms with van der Waals surface area (Å²) in [5.41, 5.74) is -2.20. The molecule has 0 fully saturated rings. The second-order valence-electron chi connectivity index (χ2n) is 5.34. The number of rotatable bonds is 1. The van der Waals surface area contributed by atoms with Gasteiger partial charge < -0.3 is 10.1 Å². The zero-order valence-corrected chi connectivity index (χ0v) is 12.3. The zero-order chi connectivity index (χ0) is 17.0. The number of ether oxygens (including phenoxy) is 1. The van der Waals surface area contributed by atoms with E-state index in [0.717, 1.165) is 12.1 Å². The van der Waals surface area contributed by atoms with E-state index in [-0.39, 0.29) is 12.1 Å². The molecule has 1 N–H and O–H groups in total. The fourth-order valence-electron chi connectivity index (χ4n) is 1.43. The summed E-state index contributed by atoms with van der Waals surface area (Å²) in [7, 11) is 0. The maximum atomic E-state index is 12.9. The highest BCUT2D eigenvalue weighted by molar-refractivity contribution is 5.68. The average molecular weight is 317 g/mol. The van der Waals surface area contributed by atoms with Crippen LogP contribution in [0.2, 0.25) is 0 Å². The van der Waals surface area contributed by atoms with Crippen molar-refractivity contribution in [1.29, 1.82) is 0 Å². The van der Waals surface area contributed by atoms with Crippen LogP contribution in [0.3, 0.4) is 0 Å². The van der Waals surface area contributed by atoms with Gasteiger partial charge in [-0.05, 0) is 39.0 Å². The number of halogens is 4. The van der Waals surface area contributed by atoms with Crippen LogP contribution in [0.1, 0.15) is 31.9 Å². The molecule has 120 valence electrons. The van der Waals surface area contributed by atoms with Crippen LogP contribution in [-0.2, 0) is 10.9 Å². The van der Waals surface area contributed by atoms with Crippen LogP contribution in [0.15, 0.2) is 18.2 Å². The largest absolute Gasteiger partial charge is 0.444 e. The maximum Gasteiger partial charge on any atom is 0.417 e. The van der Waals surface area contributed by atoms with Crippen molar-refractivity contribution in [2.45, 2.75) is 32.5 Å². The maximum absolute atomic E-state index is 12.9. The van der Waals surface area contributed by atoms with Crippen LogP contribution in [0, 0.1) is 17.7 Å². The summed E-state index contributed by atoms with van der Waals surface area (Å²) in [5, 5.41) is 2.29. The second-order valence-corrected chi connectivity index (χ2v) is 5.34. The molecule has 22 heavy (non-hydrogen) atoms. The van der Waals surface area contributed by atoms with Crippen LogP contribution in [-0.4, -0.2) is 18.2 Å². The predicted octanol–water partition coefficient (Wildman–Crippen LogP) is 3.72. The molecular formula is C15H15F4NO2. The van der Waals surface area contributed by atoms with Crippen LogP contribution in [0.5, 0.6) is 0 Å². The Balaban J connectivity index is 2.76. The van der Waals surface area contributed by atoms with Crippen molar-refractivity contribution in [3.05, 3.63) is 35.1 Å². The Morgan fingerprint density at radius 3 is 2.45 bits per heavy atom. The van der Waals surface area contributed by atoms with Crippen LogP contribution in [0.4, 0.5) is 22.4 Å². The number of carbonyl (C=O) groups excluding carboxylic acids is 1. The Morgan fingerprint density at radius 2 is 1.91 bits per heavy atom. The third-order valence-corrected chi connectivity index (χ3v) is 2.23. The number of alkyl carbamates (subject to hydrolysis) is 1. The van der Waals surface area contributed by atoms with Gasteiger partial charge in [-0.2, -0.15) is 13.2 Å². The first-order chi connectivity index (χ1) is 9.99. The molecule has 1 aromatic rings. The molecular weight excluding hydrogens is 302 g/mol. The van der Waals surface area contributed by atoms with E-state index in [1.165, 1.54) is 0 Å². The fraction of sp³-hybridized carbons (Fsp3) is 0.400. The molecule has 0 heterocycles. The standard InChI is InChI=1S/C15H15F4NO2/c1-14(2,3)22-13(21)20-8-4-5-10-6-7-11(16)9-12(10)15(17,18)19/h6-7,9H,8H2,1-3H3,(H,20,21). The number of benzene rings is 1. The number of hydrogen-bond acceptors (Lipinski definition) is 2. The Kier molecular flexibility index (Phi) is 5.42. The van der Waals surface area contributed by atoms with Crippen molar-refractivity contribution in [3.8, 4) is 11.8 Å². The molecule has 0 atom stereocenters. The van der Waals surface area contributed by atoms with Crippen LogP contribution in [0.25, 0.3) is 0 Å². The van der Waals surface area contributed by atoms with E-state index in [1.54, 1.807) is 20.8 Å². The molecule has 0 saturated carbocycles. The zero-order valence-electron chi connectivity index (χ0n) is 12.3. The molecule has 0 radical (unpaired) electrons. The molecule has 0 aromatic heterocycles. The van der Waals surface area contributed by atoms with Crippen molar-refractivity contribution in [3.63, 3.8) is 0 Å². The van der Waals surface area contributed by atoms with E-state index in [4.69, 9.17) is 4.74 Å². The van der Waals surface area contributed by atoms with E-state index >= 15 is 0 Å². The van der Waals surface area contributed by atoms with E-state index in [2.05, 4.69) is 17.2 Å². The van der Waals surface area contributed by atoms with Gasteiger partial charge in [0.1, 0.15) is 11.4 Å². The van der Waals surface area contributed by atoms with Crippen molar-refractivity contribution < 1.29 is 27.1 Å². The highest BCUT2D eigenvalue weighted by Gasteiger charge is 2.33. The highest BCUT2D eigenvalue weighted by atomic mass is 19.4. The van der Waals surface area contributed by atoms with E-state index in [9.17, 15) is 22.4 Å². The van der Waals surface area contributed by atoms with E-state index in [1.807, 2.05) is 0 Å². The van der Waals surface area contributed by atoms with Crippen molar-refractivity contribution in [2.75, 3.05) is 6.54 Å². The first-order valence-electron chi connectivity index (χ1n) is 6.31. The lowest BCUT2D eigenvalue weighted by Crippen LogP contribution is -2.32. The summed E-state index contributed by atoms with van der Waals surface area (Å²) < 4.78 is 56.0. The molecule has 7 heteroatoms. The molecule has 3 nitrogen and oxygen atoms in total. The lowest BCUT2D eigenvalue weighted by Gasteiger charge is -2.19. The van der Waals surface area contributed by atoms with Gasteiger partial charge >= 0.3 is 12.3 Å². The molecule has 0 aliphatic rings. The molecule has 0 aliphatic heterocycles. The molecule has 1 amide bonds. The quantitative estimate of drug-likeness (QED) is 0.633. The van der Waals surface area contributed by atoms with Crippen molar-refractivity contribution in [1.82, 2.24) is 5.32 Å². The van der Waals surface area contributed by atoms with E-state index in [0.29, 0.717) is 6.07 Å². The fourth-order valence-corrected chi connectivity index (χ4v) is 1.43. The summed E-state index contributed by atoms with van der Waals surface area (Å²) in [5.74, 6) is 3.63. The SMILES string of the molecule is CC(C)(C)OC(=O)NCC#Cc1ccc(F)cc1C(F)(F)F. The number of hydrogen-bond donors (Lipinski definition) is 1. The Labute approximate surface area is 125 Å². The third kappa shape index (κ3) is 6.04. The minimum atomic E-state index is -4.70. The first kappa shape index (κ1) is 17.8. The molecule has 1 aromatic carbocycles. The summed E-state index contributed by atoms with van der Waals surface area (Å²) in [6.07, 6.45) is -5.43. The Morgan fingerprint density at radius 1 is 1.27 bits per heavy atom. The van der Waals surface area contributed by atoms with Crippen LogP contribution >= 0.6 is 0 Å². The Hall–Kier alpha value is -2.23. The minimum absolute atomic E-state index is 0.191. The molecule has 0 spiro atoms. The molecule has 0 unspecified atom stereocenters. The smallest absolute Gasteiger partial charge is 0.417 e. The topological polar surface area (TPSA) is 38.3 Å². The van der Waals surface area contributed by atoms with Crippen LogP contribution < -0.4 is 5.32 Å². The first-order valence-corrected chi connectivity index (χ1v) is 6.31.